The maximum Gasteiger partial charge on any atom is 0.0534 e. The molecule has 110 valence electrons. The first-order chi connectivity index (χ1) is 8.57. The predicted molar refractivity (Wildman–Crippen MR) is 81.1 cm³/mol. The molecule has 0 fully saturated rings. The van der Waals surface area contributed by atoms with Gasteiger partial charge in [-0.3, -0.25) is 4.68 Å². The van der Waals surface area contributed by atoms with Gasteiger partial charge in [-0.25, -0.2) is 0 Å². The van der Waals surface area contributed by atoms with Crippen molar-refractivity contribution < 1.29 is 0 Å². The monoisotopic (exact) mass is 266 g/mol. The van der Waals surface area contributed by atoms with Crippen LogP contribution in [0.5, 0.6) is 0 Å². The summed E-state index contributed by atoms with van der Waals surface area (Å²) in [5, 5.41) is 7.80. The van der Waals surface area contributed by atoms with Crippen LogP contribution in [0.15, 0.2) is 12.4 Å². The number of hydrogen-bond donors (Lipinski definition) is 1. The second-order valence-electron chi connectivity index (χ2n) is 7.46. The lowest BCUT2D eigenvalue weighted by Gasteiger charge is -2.33. The molecule has 19 heavy (non-hydrogen) atoms. The third kappa shape index (κ3) is 6.73. The molecule has 1 rings (SSSR count). The molecule has 0 unspecified atom stereocenters. The van der Waals surface area contributed by atoms with Crippen molar-refractivity contribution in [3.63, 3.8) is 0 Å². The van der Waals surface area contributed by atoms with E-state index < -0.39 is 0 Å². The molecular weight excluding hydrogens is 236 g/mol. The number of hydrogen-bond acceptors (Lipinski definition) is 3. The van der Waals surface area contributed by atoms with Crippen LogP contribution < -0.4 is 5.32 Å². The maximum absolute atomic E-state index is 4.21. The minimum atomic E-state index is 0.180. The SMILES string of the molecule is CN(Cc1cnn(C)c1)CC(C)(C)CNC(C)(C)C. The van der Waals surface area contributed by atoms with E-state index in [-0.39, 0.29) is 11.0 Å². The van der Waals surface area contributed by atoms with Crippen molar-refractivity contribution in [3.8, 4) is 0 Å². The van der Waals surface area contributed by atoms with Crippen LogP contribution in [-0.2, 0) is 13.6 Å². The third-order valence-electron chi connectivity index (χ3n) is 3.01. The Morgan fingerprint density at radius 1 is 1.26 bits per heavy atom. The highest BCUT2D eigenvalue weighted by atomic mass is 15.2. The number of aryl methyl sites for hydroxylation is 1. The van der Waals surface area contributed by atoms with E-state index in [0.29, 0.717) is 0 Å². The molecule has 0 amide bonds. The van der Waals surface area contributed by atoms with Crippen molar-refractivity contribution >= 4 is 0 Å². The Bertz CT molecular complexity index is 387. The van der Waals surface area contributed by atoms with Gasteiger partial charge in [0.05, 0.1) is 6.20 Å². The molecule has 1 N–H and O–H groups in total. The normalized spacial score (nSPS) is 13.3. The summed E-state index contributed by atoms with van der Waals surface area (Å²) in [5.74, 6) is 0. The molecule has 0 saturated carbocycles. The van der Waals surface area contributed by atoms with Crippen LogP contribution in [0.25, 0.3) is 0 Å². The van der Waals surface area contributed by atoms with Gasteiger partial charge in [-0.15, -0.1) is 0 Å². The maximum atomic E-state index is 4.21. The van der Waals surface area contributed by atoms with E-state index in [1.165, 1.54) is 5.56 Å². The summed E-state index contributed by atoms with van der Waals surface area (Å²) in [6.45, 7) is 14.3. The lowest BCUT2D eigenvalue weighted by atomic mass is 9.91. The summed E-state index contributed by atoms with van der Waals surface area (Å²) >= 11 is 0. The molecule has 0 saturated heterocycles. The van der Waals surface area contributed by atoms with Gasteiger partial charge in [0, 0.05) is 44.0 Å². The quantitative estimate of drug-likeness (QED) is 0.857. The second-order valence-corrected chi connectivity index (χ2v) is 7.46. The van der Waals surface area contributed by atoms with E-state index in [9.17, 15) is 0 Å². The lowest BCUT2D eigenvalue weighted by Crippen LogP contribution is -2.45. The van der Waals surface area contributed by atoms with Gasteiger partial charge in [-0.05, 0) is 33.2 Å². The Labute approximate surface area is 118 Å². The standard InChI is InChI=1S/C15H30N4/c1-14(2,3)16-11-15(4,5)12-18(6)9-13-8-17-19(7)10-13/h8,10,16H,9,11-12H2,1-7H3. The average Bonchev–Trinajstić information content (AvgIpc) is 2.59. The fraction of sp³-hybridized carbons (Fsp3) is 0.800. The average molecular weight is 266 g/mol. The highest BCUT2D eigenvalue weighted by Gasteiger charge is 2.22. The van der Waals surface area contributed by atoms with Crippen LogP contribution in [0.3, 0.4) is 0 Å². The minimum absolute atomic E-state index is 0.180. The van der Waals surface area contributed by atoms with Gasteiger partial charge in [0.2, 0.25) is 0 Å². The molecular formula is C15H30N4. The Balaban J connectivity index is 2.43. The summed E-state index contributed by atoms with van der Waals surface area (Å²) < 4.78 is 1.86. The zero-order chi connectivity index (χ0) is 14.7. The number of rotatable bonds is 6. The molecule has 4 nitrogen and oxygen atoms in total. The van der Waals surface area contributed by atoms with E-state index in [1.807, 2.05) is 17.9 Å². The van der Waals surface area contributed by atoms with Crippen LogP contribution in [0.2, 0.25) is 0 Å². The molecule has 0 spiro atoms. The van der Waals surface area contributed by atoms with E-state index in [0.717, 1.165) is 19.6 Å². The van der Waals surface area contributed by atoms with Crippen LogP contribution in [-0.4, -0.2) is 40.4 Å². The van der Waals surface area contributed by atoms with Crippen molar-refractivity contribution in [2.45, 2.75) is 46.7 Å². The Morgan fingerprint density at radius 2 is 1.89 bits per heavy atom. The molecule has 4 heteroatoms. The van der Waals surface area contributed by atoms with Gasteiger partial charge >= 0.3 is 0 Å². The van der Waals surface area contributed by atoms with Crippen molar-refractivity contribution in [1.82, 2.24) is 20.0 Å². The first-order valence-corrected chi connectivity index (χ1v) is 6.98. The van der Waals surface area contributed by atoms with Crippen molar-refractivity contribution in [2.24, 2.45) is 12.5 Å². The van der Waals surface area contributed by atoms with Gasteiger partial charge in [-0.1, -0.05) is 13.8 Å². The predicted octanol–water partition coefficient (Wildman–Crippen LogP) is 2.27. The molecule has 0 aromatic carbocycles. The lowest BCUT2D eigenvalue weighted by molar-refractivity contribution is 0.186. The smallest absolute Gasteiger partial charge is 0.0534 e. The molecule has 0 atom stereocenters. The van der Waals surface area contributed by atoms with Crippen LogP contribution in [0, 0.1) is 5.41 Å². The summed E-state index contributed by atoms with van der Waals surface area (Å²) in [6.07, 6.45) is 4.02. The third-order valence-corrected chi connectivity index (χ3v) is 3.01. The molecule has 1 heterocycles. The number of aromatic nitrogens is 2. The van der Waals surface area contributed by atoms with E-state index in [2.05, 4.69) is 63.2 Å². The molecule has 1 aromatic rings. The van der Waals surface area contributed by atoms with Gasteiger partial charge in [0.25, 0.3) is 0 Å². The first kappa shape index (κ1) is 16.2. The van der Waals surface area contributed by atoms with Gasteiger partial charge in [0.1, 0.15) is 0 Å². The molecule has 1 aromatic heterocycles. The van der Waals surface area contributed by atoms with Gasteiger partial charge in [0.15, 0.2) is 0 Å². The number of nitrogens with zero attached hydrogens (tertiary/aromatic N) is 3. The van der Waals surface area contributed by atoms with E-state index in [1.54, 1.807) is 0 Å². The molecule has 0 aliphatic carbocycles. The summed E-state index contributed by atoms with van der Waals surface area (Å²) in [4.78, 5) is 2.36. The van der Waals surface area contributed by atoms with Crippen molar-refractivity contribution in [1.29, 1.82) is 0 Å². The second kappa shape index (κ2) is 6.06. The summed E-state index contributed by atoms with van der Waals surface area (Å²) in [6, 6.07) is 0. The molecule has 0 aliphatic rings. The number of nitrogens with one attached hydrogen (secondary N) is 1. The highest BCUT2D eigenvalue weighted by molar-refractivity contribution is 5.03. The summed E-state index contributed by atoms with van der Waals surface area (Å²) in [5.41, 5.74) is 1.70. The molecule has 0 bridgehead atoms. The fourth-order valence-electron chi connectivity index (χ4n) is 2.21. The zero-order valence-electron chi connectivity index (χ0n) is 13.6. The molecule has 0 radical (unpaired) electrons. The zero-order valence-corrected chi connectivity index (χ0v) is 13.6. The van der Waals surface area contributed by atoms with Crippen molar-refractivity contribution in [3.05, 3.63) is 18.0 Å². The fourth-order valence-corrected chi connectivity index (χ4v) is 2.21. The largest absolute Gasteiger partial charge is 0.311 e. The summed E-state index contributed by atoms with van der Waals surface area (Å²) in [7, 11) is 4.13. The minimum Gasteiger partial charge on any atom is -0.311 e. The van der Waals surface area contributed by atoms with Gasteiger partial charge in [-0.2, -0.15) is 5.10 Å². The highest BCUT2D eigenvalue weighted by Crippen LogP contribution is 2.18. The van der Waals surface area contributed by atoms with Crippen LogP contribution in [0.4, 0.5) is 0 Å². The van der Waals surface area contributed by atoms with E-state index >= 15 is 0 Å². The van der Waals surface area contributed by atoms with Crippen LogP contribution in [0.1, 0.15) is 40.2 Å². The topological polar surface area (TPSA) is 33.1 Å². The Morgan fingerprint density at radius 3 is 2.37 bits per heavy atom. The van der Waals surface area contributed by atoms with Crippen molar-refractivity contribution in [2.75, 3.05) is 20.1 Å². The first-order valence-electron chi connectivity index (χ1n) is 6.98. The van der Waals surface area contributed by atoms with Gasteiger partial charge < -0.3 is 10.2 Å². The van der Waals surface area contributed by atoms with Crippen LogP contribution >= 0.6 is 0 Å². The Kier molecular flexibility index (Phi) is 5.16. The molecule has 0 aliphatic heterocycles. The Hall–Kier alpha value is -0.870. The van der Waals surface area contributed by atoms with E-state index in [4.69, 9.17) is 0 Å².